The van der Waals surface area contributed by atoms with E-state index in [0.717, 1.165) is 43.3 Å². The molecule has 2 N–H and O–H groups in total. The Labute approximate surface area is 225 Å². The van der Waals surface area contributed by atoms with Gasteiger partial charge in [-0.1, -0.05) is 0 Å². The van der Waals surface area contributed by atoms with Crippen molar-refractivity contribution in [1.29, 1.82) is 0 Å². The Morgan fingerprint density at radius 3 is 2.18 bits per heavy atom. The highest BCUT2D eigenvalue weighted by Gasteiger charge is 2.44. The Hall–Kier alpha value is -3.39. The average Bonchev–Trinajstić information content (AvgIpc) is 3.16. The van der Waals surface area contributed by atoms with Gasteiger partial charge < -0.3 is 24.2 Å². The summed E-state index contributed by atoms with van der Waals surface area (Å²) >= 11 is 0. The molecular formula is C26H34N4O9. The van der Waals surface area contributed by atoms with E-state index >= 15 is 0 Å². The van der Waals surface area contributed by atoms with E-state index in [-0.39, 0.29) is 37.0 Å². The molecule has 1 aromatic carbocycles. The minimum Gasteiger partial charge on any atom is -0.481 e. The summed E-state index contributed by atoms with van der Waals surface area (Å²) in [7, 11) is 0. The monoisotopic (exact) mass is 546 g/mol. The molecule has 39 heavy (non-hydrogen) atoms. The highest BCUT2D eigenvalue weighted by atomic mass is 16.5. The maximum atomic E-state index is 13.1. The number of carbonyl (C=O) groups is 5. The molecule has 3 heterocycles. The fourth-order valence-electron chi connectivity index (χ4n) is 4.78. The second-order valence-electron chi connectivity index (χ2n) is 9.49. The Kier molecular flexibility index (Phi) is 9.98. The van der Waals surface area contributed by atoms with E-state index < -0.39 is 35.6 Å². The van der Waals surface area contributed by atoms with Crippen molar-refractivity contribution in [2.75, 3.05) is 77.3 Å². The molecule has 0 bridgehead atoms. The number of carbonyl (C=O) groups excluding carboxylic acids is 4. The molecule has 0 spiro atoms. The average molecular weight is 547 g/mol. The van der Waals surface area contributed by atoms with Crippen molar-refractivity contribution < 1.29 is 43.3 Å². The van der Waals surface area contributed by atoms with Gasteiger partial charge in [0.25, 0.3) is 11.8 Å². The maximum absolute atomic E-state index is 13.1. The molecule has 0 radical (unpaired) electrons. The number of carboxylic acid groups (broad SMARTS) is 1. The summed E-state index contributed by atoms with van der Waals surface area (Å²) in [6.07, 6.45) is 0.203. The zero-order valence-corrected chi connectivity index (χ0v) is 21.8. The Balaban J connectivity index is 1.15. The normalized spacial score (nSPS) is 19.9. The van der Waals surface area contributed by atoms with Crippen LogP contribution in [0.4, 0.5) is 5.69 Å². The SMILES string of the molecule is O=C(O)CCOCCOCCOCCN1CCN(c2ccc3c(c2)C(=O)N(C2CCC(=O)NC2=O)C3=O)CC1. The summed E-state index contributed by atoms with van der Waals surface area (Å²) in [6, 6.07) is 4.22. The van der Waals surface area contributed by atoms with Gasteiger partial charge in [-0.3, -0.25) is 39.1 Å². The van der Waals surface area contributed by atoms with E-state index in [0.29, 0.717) is 33.0 Å². The van der Waals surface area contributed by atoms with Crippen molar-refractivity contribution in [3.8, 4) is 0 Å². The van der Waals surface area contributed by atoms with Crippen molar-refractivity contribution in [1.82, 2.24) is 15.1 Å². The second kappa shape index (κ2) is 13.6. The van der Waals surface area contributed by atoms with Crippen molar-refractivity contribution >= 4 is 35.3 Å². The first kappa shape index (κ1) is 28.6. The smallest absolute Gasteiger partial charge is 0.305 e. The topological polar surface area (TPSA) is 155 Å². The highest BCUT2D eigenvalue weighted by molar-refractivity contribution is 6.23. The molecule has 1 aromatic rings. The van der Waals surface area contributed by atoms with Crippen LogP contribution in [0.2, 0.25) is 0 Å². The standard InChI is InChI=1S/C26H34N4O9/c31-22-4-3-21(24(34)27-22)30-25(35)19-2-1-18(17-20(19)26(30)36)29-8-6-28(7-9-29)10-12-38-14-16-39-15-13-37-11-5-23(32)33/h1-2,17,21H,3-16H2,(H,32,33)(H,27,31,34). The molecular weight excluding hydrogens is 512 g/mol. The van der Waals surface area contributed by atoms with Gasteiger partial charge in [-0.15, -0.1) is 0 Å². The van der Waals surface area contributed by atoms with Crippen LogP contribution in [0, 0.1) is 0 Å². The number of anilines is 1. The third-order valence-electron chi connectivity index (χ3n) is 6.92. The summed E-state index contributed by atoms with van der Waals surface area (Å²) < 4.78 is 16.2. The number of rotatable bonds is 14. The van der Waals surface area contributed by atoms with Crippen LogP contribution >= 0.6 is 0 Å². The van der Waals surface area contributed by atoms with Gasteiger partial charge >= 0.3 is 5.97 Å². The van der Waals surface area contributed by atoms with E-state index in [1.165, 1.54) is 0 Å². The first-order chi connectivity index (χ1) is 18.8. The van der Waals surface area contributed by atoms with Crippen LogP contribution < -0.4 is 10.2 Å². The molecule has 0 aliphatic carbocycles. The van der Waals surface area contributed by atoms with Gasteiger partial charge in [0.15, 0.2) is 0 Å². The molecule has 2 saturated heterocycles. The summed E-state index contributed by atoms with van der Waals surface area (Å²) in [5.74, 6) is -2.91. The minimum absolute atomic E-state index is 0.0173. The number of nitrogens with one attached hydrogen (secondary N) is 1. The van der Waals surface area contributed by atoms with Crippen molar-refractivity contribution in [2.24, 2.45) is 0 Å². The molecule has 0 aromatic heterocycles. The molecule has 3 aliphatic heterocycles. The molecule has 1 atom stereocenters. The van der Waals surface area contributed by atoms with E-state index in [1.54, 1.807) is 12.1 Å². The highest BCUT2D eigenvalue weighted by Crippen LogP contribution is 2.31. The number of fused-ring (bicyclic) bond motifs is 1. The lowest BCUT2D eigenvalue weighted by molar-refractivity contribution is -0.138. The first-order valence-electron chi connectivity index (χ1n) is 13.1. The van der Waals surface area contributed by atoms with Crippen LogP contribution in [0.5, 0.6) is 0 Å². The van der Waals surface area contributed by atoms with Crippen LogP contribution in [0.15, 0.2) is 18.2 Å². The zero-order valence-electron chi connectivity index (χ0n) is 21.8. The number of benzene rings is 1. The second-order valence-corrected chi connectivity index (χ2v) is 9.49. The molecule has 4 rings (SSSR count). The molecule has 3 aliphatic rings. The number of aliphatic carboxylic acids is 1. The van der Waals surface area contributed by atoms with E-state index in [1.807, 2.05) is 6.07 Å². The van der Waals surface area contributed by atoms with Crippen molar-refractivity contribution in [2.45, 2.75) is 25.3 Å². The Morgan fingerprint density at radius 2 is 1.51 bits per heavy atom. The lowest BCUT2D eigenvalue weighted by atomic mass is 10.0. The van der Waals surface area contributed by atoms with E-state index in [4.69, 9.17) is 19.3 Å². The van der Waals surface area contributed by atoms with E-state index in [9.17, 15) is 24.0 Å². The Morgan fingerprint density at radius 1 is 0.872 bits per heavy atom. The number of carboxylic acids is 1. The van der Waals surface area contributed by atoms with Crippen LogP contribution in [-0.2, 0) is 28.6 Å². The third-order valence-corrected chi connectivity index (χ3v) is 6.92. The molecule has 0 saturated carbocycles. The number of ether oxygens (including phenoxy) is 3. The number of hydrogen-bond acceptors (Lipinski definition) is 10. The van der Waals surface area contributed by atoms with Gasteiger partial charge in [-0.25, -0.2) is 0 Å². The fourth-order valence-corrected chi connectivity index (χ4v) is 4.78. The van der Waals surface area contributed by atoms with Crippen LogP contribution in [0.3, 0.4) is 0 Å². The first-order valence-corrected chi connectivity index (χ1v) is 13.1. The largest absolute Gasteiger partial charge is 0.481 e. The zero-order chi connectivity index (χ0) is 27.8. The van der Waals surface area contributed by atoms with Gasteiger partial charge in [-0.2, -0.15) is 0 Å². The number of piperidine rings is 1. The predicted octanol–water partition coefficient (Wildman–Crippen LogP) is -0.266. The molecule has 4 amide bonds. The maximum Gasteiger partial charge on any atom is 0.305 e. The predicted molar refractivity (Wildman–Crippen MR) is 136 cm³/mol. The summed E-state index contributed by atoms with van der Waals surface area (Å²) in [5.41, 5.74) is 1.41. The van der Waals surface area contributed by atoms with Crippen molar-refractivity contribution in [3.63, 3.8) is 0 Å². The molecule has 2 fully saturated rings. The summed E-state index contributed by atoms with van der Waals surface area (Å²) in [6.45, 7) is 6.33. The van der Waals surface area contributed by atoms with Gasteiger partial charge in [0.05, 0.1) is 57.2 Å². The number of piperazine rings is 1. The van der Waals surface area contributed by atoms with Gasteiger partial charge in [-0.05, 0) is 24.6 Å². The van der Waals surface area contributed by atoms with Crippen LogP contribution in [-0.4, -0.2) is 123 Å². The summed E-state index contributed by atoms with van der Waals surface area (Å²) in [5, 5.41) is 10.7. The molecule has 13 nitrogen and oxygen atoms in total. The number of hydrogen-bond donors (Lipinski definition) is 2. The van der Waals surface area contributed by atoms with Crippen LogP contribution in [0.1, 0.15) is 40.0 Å². The van der Waals surface area contributed by atoms with Crippen molar-refractivity contribution in [3.05, 3.63) is 29.3 Å². The number of nitrogens with zero attached hydrogens (tertiary/aromatic N) is 3. The number of amides is 4. The van der Waals surface area contributed by atoms with Gasteiger partial charge in [0.1, 0.15) is 6.04 Å². The van der Waals surface area contributed by atoms with Gasteiger partial charge in [0, 0.05) is 44.8 Å². The lowest BCUT2D eigenvalue weighted by Crippen LogP contribution is -2.54. The van der Waals surface area contributed by atoms with Crippen LogP contribution in [0.25, 0.3) is 0 Å². The number of imide groups is 2. The lowest BCUT2D eigenvalue weighted by Gasteiger charge is -2.36. The van der Waals surface area contributed by atoms with E-state index in [2.05, 4.69) is 15.1 Å². The Bertz CT molecular complexity index is 1090. The quantitative estimate of drug-likeness (QED) is 0.234. The molecule has 13 heteroatoms. The minimum atomic E-state index is -0.972. The van der Waals surface area contributed by atoms with Gasteiger partial charge in [0.2, 0.25) is 11.8 Å². The fraction of sp³-hybridized carbons (Fsp3) is 0.577. The molecule has 1 unspecified atom stereocenters. The molecule has 212 valence electrons. The summed E-state index contributed by atoms with van der Waals surface area (Å²) in [4.78, 5) is 65.5. The third kappa shape index (κ3) is 7.38.